The second-order valence-corrected chi connectivity index (χ2v) is 4.90. The van der Waals surface area contributed by atoms with Gasteiger partial charge < -0.3 is 5.73 Å². The highest BCUT2D eigenvalue weighted by Crippen LogP contribution is 2.29. The number of nitrogens with two attached hydrogens (primary N) is 1. The maximum atomic E-state index is 13.0. The summed E-state index contributed by atoms with van der Waals surface area (Å²) in [4.78, 5) is 0.731. The highest BCUT2D eigenvalue weighted by Gasteiger charge is 2.06. The van der Waals surface area contributed by atoms with E-state index >= 15 is 0 Å². The summed E-state index contributed by atoms with van der Waals surface area (Å²) in [5, 5.41) is 8.93. The van der Waals surface area contributed by atoms with Crippen LogP contribution in [-0.2, 0) is 5.75 Å². The third kappa shape index (κ3) is 3.24. The van der Waals surface area contributed by atoms with Gasteiger partial charge in [0, 0.05) is 16.3 Å². The van der Waals surface area contributed by atoms with E-state index in [9.17, 15) is 8.78 Å². The van der Waals surface area contributed by atoms with E-state index < -0.39 is 5.82 Å². The first kappa shape index (κ1) is 13.4. The van der Waals surface area contributed by atoms with Crippen LogP contribution in [0.4, 0.5) is 14.5 Å². The van der Waals surface area contributed by atoms with Gasteiger partial charge in [-0.05, 0) is 35.9 Å². The number of thioether (sulfide) groups is 1. The maximum Gasteiger partial charge on any atom is 0.125 e. The summed E-state index contributed by atoms with van der Waals surface area (Å²) in [6.07, 6.45) is 0. The first-order chi connectivity index (χ1) is 9.10. The molecule has 96 valence electrons. The molecule has 5 heteroatoms. The number of halogens is 2. The summed E-state index contributed by atoms with van der Waals surface area (Å²) in [6, 6.07) is 10.2. The fourth-order valence-corrected chi connectivity index (χ4v) is 2.54. The third-order valence-electron chi connectivity index (χ3n) is 2.55. The van der Waals surface area contributed by atoms with E-state index in [1.165, 1.54) is 36.0 Å². The highest BCUT2D eigenvalue weighted by atomic mass is 32.2. The molecule has 0 unspecified atom stereocenters. The Kier molecular flexibility index (Phi) is 4.03. The van der Waals surface area contributed by atoms with E-state index in [0.29, 0.717) is 17.0 Å². The van der Waals surface area contributed by atoms with Crippen LogP contribution in [-0.4, -0.2) is 0 Å². The zero-order chi connectivity index (χ0) is 13.8. The zero-order valence-electron chi connectivity index (χ0n) is 9.86. The Morgan fingerprint density at radius 3 is 2.47 bits per heavy atom. The molecule has 0 amide bonds. The van der Waals surface area contributed by atoms with Crippen LogP contribution < -0.4 is 5.73 Å². The average Bonchev–Trinajstić information content (AvgIpc) is 2.39. The summed E-state index contributed by atoms with van der Waals surface area (Å²) in [7, 11) is 0. The van der Waals surface area contributed by atoms with Gasteiger partial charge in [0.05, 0.1) is 11.6 Å². The number of anilines is 1. The van der Waals surface area contributed by atoms with Gasteiger partial charge >= 0.3 is 0 Å². The summed E-state index contributed by atoms with van der Waals surface area (Å²) in [5.41, 5.74) is 7.07. The predicted octanol–water partition coefficient (Wildman–Crippen LogP) is 3.71. The first-order valence-corrected chi connectivity index (χ1v) is 6.45. The van der Waals surface area contributed by atoms with Crippen molar-refractivity contribution in [2.75, 3.05) is 5.73 Å². The summed E-state index contributed by atoms with van der Waals surface area (Å²) in [5.74, 6) is -0.355. The summed E-state index contributed by atoms with van der Waals surface area (Å²) < 4.78 is 25.9. The number of nitrogens with zero attached hydrogens (tertiary/aromatic N) is 1. The fourth-order valence-electron chi connectivity index (χ4n) is 1.58. The molecule has 0 radical (unpaired) electrons. The van der Waals surface area contributed by atoms with E-state index in [0.717, 1.165) is 10.5 Å². The molecule has 0 aliphatic heterocycles. The Hall–Kier alpha value is -2.06. The van der Waals surface area contributed by atoms with Crippen molar-refractivity contribution in [2.45, 2.75) is 10.6 Å². The molecule has 0 heterocycles. The minimum absolute atomic E-state index is 0.299. The van der Waals surface area contributed by atoms with E-state index in [-0.39, 0.29) is 5.82 Å². The molecule has 0 saturated carbocycles. The second-order valence-electron chi connectivity index (χ2n) is 3.88. The maximum absolute atomic E-state index is 13.0. The molecule has 0 spiro atoms. The van der Waals surface area contributed by atoms with Gasteiger partial charge in [0.15, 0.2) is 0 Å². The van der Waals surface area contributed by atoms with Gasteiger partial charge in [-0.3, -0.25) is 0 Å². The van der Waals surface area contributed by atoms with Gasteiger partial charge in [0.1, 0.15) is 11.6 Å². The largest absolute Gasteiger partial charge is 0.398 e. The molecular weight excluding hydrogens is 266 g/mol. The minimum atomic E-state index is -0.438. The Bertz CT molecular complexity index is 650. The SMILES string of the molecule is N#Cc1cc(F)ccc1CSc1ccc(F)cc1N. The highest BCUT2D eigenvalue weighted by molar-refractivity contribution is 7.98. The summed E-state index contributed by atoms with van der Waals surface area (Å²) >= 11 is 1.38. The van der Waals surface area contributed by atoms with Crippen molar-refractivity contribution in [3.8, 4) is 6.07 Å². The van der Waals surface area contributed by atoms with Crippen LogP contribution in [0.25, 0.3) is 0 Å². The lowest BCUT2D eigenvalue weighted by Crippen LogP contribution is -1.92. The Morgan fingerprint density at radius 2 is 1.79 bits per heavy atom. The van der Waals surface area contributed by atoms with Gasteiger partial charge in [0.2, 0.25) is 0 Å². The molecule has 2 N–H and O–H groups in total. The fraction of sp³-hybridized carbons (Fsp3) is 0.0714. The Labute approximate surface area is 113 Å². The normalized spacial score (nSPS) is 10.2. The molecule has 0 aromatic heterocycles. The van der Waals surface area contributed by atoms with Crippen LogP contribution in [0.1, 0.15) is 11.1 Å². The molecule has 0 bridgehead atoms. The quantitative estimate of drug-likeness (QED) is 0.686. The number of hydrogen-bond acceptors (Lipinski definition) is 3. The van der Waals surface area contributed by atoms with Crippen molar-refractivity contribution in [3.05, 3.63) is 59.2 Å². The number of hydrogen-bond donors (Lipinski definition) is 1. The molecule has 0 fully saturated rings. The van der Waals surface area contributed by atoms with Crippen LogP contribution in [0.3, 0.4) is 0 Å². The minimum Gasteiger partial charge on any atom is -0.398 e. The van der Waals surface area contributed by atoms with Gasteiger partial charge in [0.25, 0.3) is 0 Å². The average molecular weight is 276 g/mol. The Balaban J connectivity index is 2.17. The topological polar surface area (TPSA) is 49.8 Å². The molecule has 19 heavy (non-hydrogen) atoms. The number of nitriles is 1. The third-order valence-corrected chi connectivity index (χ3v) is 3.69. The van der Waals surface area contributed by atoms with Crippen molar-refractivity contribution in [1.82, 2.24) is 0 Å². The zero-order valence-corrected chi connectivity index (χ0v) is 10.7. The summed E-state index contributed by atoms with van der Waals surface area (Å²) in [6.45, 7) is 0. The van der Waals surface area contributed by atoms with Crippen LogP contribution in [0.5, 0.6) is 0 Å². The van der Waals surface area contributed by atoms with E-state index in [2.05, 4.69) is 0 Å². The van der Waals surface area contributed by atoms with E-state index in [1.54, 1.807) is 12.1 Å². The second kappa shape index (κ2) is 5.72. The number of benzene rings is 2. The molecule has 2 aromatic carbocycles. The lowest BCUT2D eigenvalue weighted by molar-refractivity contribution is 0.626. The predicted molar refractivity (Wildman–Crippen MR) is 71.5 cm³/mol. The Morgan fingerprint density at radius 1 is 1.11 bits per heavy atom. The molecule has 0 saturated heterocycles. The van der Waals surface area contributed by atoms with Gasteiger partial charge in [-0.2, -0.15) is 5.26 Å². The molecule has 0 atom stereocenters. The van der Waals surface area contributed by atoms with Gasteiger partial charge in [-0.25, -0.2) is 8.78 Å². The molecule has 2 nitrogen and oxygen atoms in total. The van der Waals surface area contributed by atoms with Crippen molar-refractivity contribution >= 4 is 17.4 Å². The van der Waals surface area contributed by atoms with E-state index in [1.807, 2.05) is 6.07 Å². The van der Waals surface area contributed by atoms with Crippen molar-refractivity contribution in [3.63, 3.8) is 0 Å². The van der Waals surface area contributed by atoms with E-state index in [4.69, 9.17) is 11.0 Å². The number of rotatable bonds is 3. The smallest absolute Gasteiger partial charge is 0.125 e. The first-order valence-electron chi connectivity index (χ1n) is 5.46. The standard InChI is InChI=1S/C14H10F2N2S/c15-11-2-1-9(10(5-11)7-17)8-19-14-4-3-12(16)6-13(14)18/h1-6H,8,18H2. The van der Waals surface area contributed by atoms with Crippen LogP contribution >= 0.6 is 11.8 Å². The van der Waals surface area contributed by atoms with Crippen LogP contribution in [0.15, 0.2) is 41.3 Å². The molecule has 0 aliphatic rings. The lowest BCUT2D eigenvalue weighted by atomic mass is 10.1. The van der Waals surface area contributed by atoms with Gasteiger partial charge in [-0.1, -0.05) is 6.07 Å². The van der Waals surface area contributed by atoms with Crippen molar-refractivity contribution in [2.24, 2.45) is 0 Å². The molecule has 2 aromatic rings. The molecule has 0 aliphatic carbocycles. The van der Waals surface area contributed by atoms with Crippen molar-refractivity contribution < 1.29 is 8.78 Å². The van der Waals surface area contributed by atoms with Crippen molar-refractivity contribution in [1.29, 1.82) is 5.26 Å². The number of nitrogen functional groups attached to an aromatic ring is 1. The van der Waals surface area contributed by atoms with Crippen LogP contribution in [0, 0.1) is 23.0 Å². The van der Waals surface area contributed by atoms with Gasteiger partial charge in [-0.15, -0.1) is 11.8 Å². The van der Waals surface area contributed by atoms with Crippen LogP contribution in [0.2, 0.25) is 0 Å². The molecular formula is C14H10F2N2S. The lowest BCUT2D eigenvalue weighted by Gasteiger charge is -2.07. The monoisotopic (exact) mass is 276 g/mol. The molecule has 2 rings (SSSR count).